The van der Waals surface area contributed by atoms with Crippen LogP contribution in [0.1, 0.15) is 64.5 Å². The molecule has 0 heterocycles. The second-order valence-corrected chi connectivity index (χ2v) is 9.54. The van der Waals surface area contributed by atoms with Gasteiger partial charge in [-0.25, -0.2) is 0 Å². The summed E-state index contributed by atoms with van der Waals surface area (Å²) in [4.78, 5) is 0. The summed E-state index contributed by atoms with van der Waals surface area (Å²) in [5.41, 5.74) is 3.05. The average Bonchev–Trinajstić information content (AvgIpc) is 2.80. The van der Waals surface area contributed by atoms with Crippen molar-refractivity contribution in [3.05, 3.63) is 23.3 Å². The van der Waals surface area contributed by atoms with Gasteiger partial charge in [0.25, 0.3) is 0 Å². The first-order chi connectivity index (χ1) is 11.6. The molecule has 3 N–H and O–H groups in total. The smallest absolute Gasteiger partial charge is 0.123 e. The normalized spacial score (nSPS) is 40.4. The third kappa shape index (κ3) is 1.97. The van der Waals surface area contributed by atoms with E-state index in [1.807, 2.05) is 6.07 Å². The molecule has 1 aromatic carbocycles. The highest BCUT2D eigenvalue weighted by Crippen LogP contribution is 2.68. The van der Waals surface area contributed by atoms with Crippen LogP contribution in [0.5, 0.6) is 11.5 Å². The van der Waals surface area contributed by atoms with Gasteiger partial charge in [0.1, 0.15) is 11.5 Å². The molecule has 0 saturated heterocycles. The van der Waals surface area contributed by atoms with Crippen molar-refractivity contribution in [1.82, 2.24) is 0 Å². The Morgan fingerprint density at radius 1 is 1.04 bits per heavy atom. The number of oxime groups is 1. The van der Waals surface area contributed by atoms with Crippen LogP contribution in [0.4, 0.5) is 0 Å². The van der Waals surface area contributed by atoms with Gasteiger partial charge in [-0.15, -0.1) is 0 Å². The molecule has 0 aliphatic heterocycles. The van der Waals surface area contributed by atoms with Crippen molar-refractivity contribution < 1.29 is 15.4 Å². The second-order valence-electron chi connectivity index (χ2n) is 9.54. The highest BCUT2D eigenvalue weighted by atomic mass is 16.4. The van der Waals surface area contributed by atoms with E-state index in [-0.39, 0.29) is 27.7 Å². The van der Waals surface area contributed by atoms with Gasteiger partial charge in [-0.2, -0.15) is 0 Å². The van der Waals surface area contributed by atoms with Crippen LogP contribution in [0, 0.1) is 22.7 Å². The molecule has 0 amide bonds. The monoisotopic (exact) mass is 343 g/mol. The molecule has 136 valence electrons. The number of phenolic OH excluding ortho intramolecular Hbond substituents is 2. The Kier molecular flexibility index (Phi) is 3.30. The van der Waals surface area contributed by atoms with Gasteiger partial charge in [0.15, 0.2) is 0 Å². The van der Waals surface area contributed by atoms with Gasteiger partial charge in [0, 0.05) is 22.5 Å². The zero-order valence-corrected chi connectivity index (χ0v) is 15.6. The van der Waals surface area contributed by atoms with E-state index in [9.17, 15) is 15.4 Å². The molecule has 3 aliphatic rings. The van der Waals surface area contributed by atoms with Gasteiger partial charge >= 0.3 is 0 Å². The number of phenols is 2. The van der Waals surface area contributed by atoms with Crippen molar-refractivity contribution in [2.24, 2.45) is 27.8 Å². The minimum absolute atomic E-state index is 0.0533. The molecule has 0 bridgehead atoms. The molecule has 4 nitrogen and oxygen atoms in total. The molecule has 4 rings (SSSR count). The molecular weight excluding hydrogens is 314 g/mol. The Labute approximate surface area is 149 Å². The lowest BCUT2D eigenvalue weighted by molar-refractivity contribution is -0.0612. The molecule has 0 radical (unpaired) electrons. The van der Waals surface area contributed by atoms with Gasteiger partial charge in [0.2, 0.25) is 0 Å². The summed E-state index contributed by atoms with van der Waals surface area (Å²) in [5, 5.41) is 33.6. The Hall–Kier alpha value is -1.71. The van der Waals surface area contributed by atoms with Crippen molar-refractivity contribution in [1.29, 1.82) is 0 Å². The highest BCUT2D eigenvalue weighted by Gasteiger charge is 2.62. The first-order valence-corrected chi connectivity index (χ1v) is 9.41. The second kappa shape index (κ2) is 4.93. The van der Waals surface area contributed by atoms with Crippen LogP contribution < -0.4 is 0 Å². The Bertz CT molecular complexity index is 769. The van der Waals surface area contributed by atoms with Crippen LogP contribution >= 0.6 is 0 Å². The number of aromatic hydroxyl groups is 2. The third-order valence-electron chi connectivity index (χ3n) is 8.13. The van der Waals surface area contributed by atoms with E-state index in [0.717, 1.165) is 48.9 Å². The van der Waals surface area contributed by atoms with Gasteiger partial charge < -0.3 is 15.4 Å². The molecule has 0 unspecified atom stereocenters. The summed E-state index contributed by atoms with van der Waals surface area (Å²) in [5.74, 6) is 1.29. The molecular formula is C21H29NO3. The van der Waals surface area contributed by atoms with Crippen molar-refractivity contribution >= 4 is 5.71 Å². The third-order valence-corrected chi connectivity index (χ3v) is 8.13. The number of hydrogen-bond acceptors (Lipinski definition) is 4. The van der Waals surface area contributed by atoms with Crippen LogP contribution in [0.2, 0.25) is 0 Å². The van der Waals surface area contributed by atoms with Gasteiger partial charge in [-0.05, 0) is 61.0 Å². The lowest BCUT2D eigenvalue weighted by Gasteiger charge is -2.61. The Balaban J connectivity index is 1.83. The van der Waals surface area contributed by atoms with E-state index in [1.54, 1.807) is 0 Å². The highest BCUT2D eigenvalue weighted by molar-refractivity contribution is 5.90. The molecule has 25 heavy (non-hydrogen) atoms. The van der Waals surface area contributed by atoms with Crippen molar-refractivity contribution in [3.8, 4) is 11.5 Å². The number of rotatable bonds is 0. The topological polar surface area (TPSA) is 73.1 Å². The summed E-state index contributed by atoms with van der Waals surface area (Å²) in [7, 11) is 0. The molecule has 4 heteroatoms. The van der Waals surface area contributed by atoms with Crippen LogP contribution in [-0.4, -0.2) is 21.1 Å². The molecule has 0 aromatic heterocycles. The zero-order chi connectivity index (χ0) is 18.2. The predicted octanol–water partition coefficient (Wildman–Crippen LogP) is 4.59. The van der Waals surface area contributed by atoms with Crippen LogP contribution in [0.25, 0.3) is 0 Å². The fraction of sp³-hybridized carbons (Fsp3) is 0.667. The average molecular weight is 343 g/mol. The summed E-state index contributed by atoms with van der Waals surface area (Å²) in [6, 6.07) is 3.33. The molecule has 2 saturated carbocycles. The summed E-state index contributed by atoms with van der Waals surface area (Å²) < 4.78 is 0. The van der Waals surface area contributed by atoms with Crippen molar-refractivity contribution in [3.63, 3.8) is 0 Å². The zero-order valence-electron chi connectivity index (χ0n) is 15.6. The summed E-state index contributed by atoms with van der Waals surface area (Å²) in [6.07, 6.45) is 4.83. The van der Waals surface area contributed by atoms with Crippen molar-refractivity contribution in [2.75, 3.05) is 0 Å². The largest absolute Gasteiger partial charge is 0.508 e. The standard InChI is InChI=1S/C21H29NO3/c1-19(2)15-5-7-21(4)16(20(15,3)8-6-17(19)22-25)10-12-9-13(23)11-14(24)18(12)21/h9,11,15-16,23-25H,5-8,10H2,1-4H3/b22-17+/t15-,16+,20-,21+/m0/s1. The maximum absolute atomic E-state index is 10.6. The first-order valence-electron chi connectivity index (χ1n) is 9.41. The van der Waals surface area contributed by atoms with Crippen molar-refractivity contribution in [2.45, 2.75) is 65.2 Å². The molecule has 4 atom stereocenters. The molecule has 3 aliphatic carbocycles. The molecule has 1 aromatic rings. The van der Waals surface area contributed by atoms with E-state index in [4.69, 9.17) is 0 Å². The fourth-order valence-corrected chi connectivity index (χ4v) is 7.01. The maximum atomic E-state index is 10.6. The Morgan fingerprint density at radius 2 is 1.76 bits per heavy atom. The summed E-state index contributed by atoms with van der Waals surface area (Å²) in [6.45, 7) is 9.14. The Morgan fingerprint density at radius 3 is 2.44 bits per heavy atom. The van der Waals surface area contributed by atoms with E-state index in [1.165, 1.54) is 6.07 Å². The lowest BCUT2D eigenvalue weighted by atomic mass is 9.43. The molecule has 0 spiro atoms. The predicted molar refractivity (Wildman–Crippen MR) is 97.4 cm³/mol. The lowest BCUT2D eigenvalue weighted by Crippen LogP contribution is -2.57. The van der Waals surface area contributed by atoms with Gasteiger partial charge in [-0.3, -0.25) is 0 Å². The first kappa shape index (κ1) is 16.7. The van der Waals surface area contributed by atoms with E-state index < -0.39 is 0 Å². The van der Waals surface area contributed by atoms with Crippen LogP contribution in [-0.2, 0) is 11.8 Å². The van der Waals surface area contributed by atoms with Gasteiger partial charge in [-0.1, -0.05) is 32.9 Å². The fourth-order valence-electron chi connectivity index (χ4n) is 7.01. The maximum Gasteiger partial charge on any atom is 0.123 e. The minimum atomic E-state index is -0.109. The number of hydrogen-bond donors (Lipinski definition) is 3. The number of nitrogens with zero attached hydrogens (tertiary/aromatic N) is 1. The molecule has 2 fully saturated rings. The number of fused-ring (bicyclic) bond motifs is 5. The van der Waals surface area contributed by atoms with Crippen LogP contribution in [0.15, 0.2) is 17.3 Å². The number of benzene rings is 1. The minimum Gasteiger partial charge on any atom is -0.508 e. The van der Waals surface area contributed by atoms with E-state index >= 15 is 0 Å². The van der Waals surface area contributed by atoms with E-state index in [0.29, 0.717) is 11.8 Å². The summed E-state index contributed by atoms with van der Waals surface area (Å²) >= 11 is 0. The quantitative estimate of drug-likeness (QED) is 0.476. The SMILES string of the molecule is CC1(C)/C(=N/O)CC[C@]2(C)[C@H]3Cc4cc(O)cc(O)c4[C@]3(C)CC[C@@H]12. The van der Waals surface area contributed by atoms with E-state index in [2.05, 4.69) is 32.9 Å². The van der Waals surface area contributed by atoms with Crippen LogP contribution in [0.3, 0.4) is 0 Å². The van der Waals surface area contributed by atoms with Gasteiger partial charge in [0.05, 0.1) is 5.71 Å².